The summed E-state index contributed by atoms with van der Waals surface area (Å²) in [6.45, 7) is 8.12. The molecule has 6 aromatic carbocycles. The number of aliphatic hydroxyl groups excluding tert-OH is 4. The molecule has 5 aliphatic rings. The second-order valence-corrected chi connectivity index (χ2v) is 34.7. The number of hydrogen-bond donors (Lipinski definition) is 10. The summed E-state index contributed by atoms with van der Waals surface area (Å²) in [5, 5.41) is 67.3. The van der Waals surface area contributed by atoms with Crippen LogP contribution in [-0.4, -0.2) is 213 Å². The van der Waals surface area contributed by atoms with Crippen LogP contribution in [0.1, 0.15) is 66.9 Å². The minimum absolute atomic E-state index is 0.0837. The number of benzene rings is 6. The molecule has 616 valence electrons. The molecule has 7 aromatic rings. The zero-order valence-electron chi connectivity index (χ0n) is 64.4. The first-order chi connectivity index (χ1) is 55.6. The van der Waals surface area contributed by atoms with Gasteiger partial charge in [-0.05, 0) is 64.5 Å². The fraction of sp³-hybridized carbons (Fsp3) is 0.446. The molecule has 4 aliphatic heterocycles. The van der Waals surface area contributed by atoms with Crippen LogP contribution in [0.2, 0.25) is 18.1 Å². The SMILES string of the molecule is CC(C)(C)[Si](C)(C)OC[C@H]1O[C@@H](O[C@@H]2[C@@H](O)[C@H](NC(=O)OCc3ccccc3)C[C@H](NC(=O)OCc3ccccc3)[C@H]2O[C@H]2O[C@@H]3COC(c4ccccc4)O[C@H]3[C@H](O)[C@H]2NC(=O)OCc2ccccc2)[C@H](OCCNc2cccnc2)[C@@H]1O[C@H]1O[C@@H](CNC(=O)OCc2ccccc2)[C@@H](O)[C@H](O)[C@H]1NC(=O)OCc1ccccc1. The predicted molar refractivity (Wildman–Crippen MR) is 414 cm³/mol. The number of rotatable bonds is 31. The molecule has 1 aliphatic carbocycles. The van der Waals surface area contributed by atoms with E-state index in [1.165, 1.54) is 0 Å². The molecule has 115 heavy (non-hydrogen) atoms. The lowest BCUT2D eigenvalue weighted by Crippen LogP contribution is -2.71. The molecule has 20 atom stereocenters. The second-order valence-electron chi connectivity index (χ2n) is 29.9. The number of carbonyl (C=O) groups is 5. The summed E-state index contributed by atoms with van der Waals surface area (Å²) >= 11 is 0. The van der Waals surface area contributed by atoms with E-state index in [1.54, 1.807) is 194 Å². The summed E-state index contributed by atoms with van der Waals surface area (Å²) in [6, 6.07) is 50.6. The molecule has 1 unspecified atom stereocenters. The van der Waals surface area contributed by atoms with E-state index in [-0.39, 0.29) is 65.8 Å². The van der Waals surface area contributed by atoms with Gasteiger partial charge in [0.05, 0.1) is 37.6 Å². The van der Waals surface area contributed by atoms with E-state index in [0.29, 0.717) is 39.1 Å². The number of nitrogens with one attached hydrogen (secondary N) is 6. The maximum absolute atomic E-state index is 14.7. The normalized spacial score (nSPS) is 27.9. The highest BCUT2D eigenvalue weighted by atomic mass is 28.4. The van der Waals surface area contributed by atoms with Gasteiger partial charge in [0.1, 0.15) is 118 Å². The summed E-state index contributed by atoms with van der Waals surface area (Å²) in [5.74, 6) is 0. The first kappa shape index (κ1) is 84.7. The monoisotopic (exact) mass is 1610 g/mol. The average Bonchev–Trinajstić information content (AvgIpc) is 1.57. The van der Waals surface area contributed by atoms with Crippen LogP contribution >= 0.6 is 0 Å². The standard InChI is InChI=1S/C83H101N7O24Si/c1-83(2,3)115(4,5)107-50-62-71(113-75-63(89-81(98)105-47-54-31-18-9-19-32-54)67(93)66(92)60(108-75)43-86-78(95)102-44-51-25-12-6-13-26-51)73(100-40-39-85-57-37-24-38-84-42-57)77(110-62)114-72-65(91)58(87-79(96)103-45-52-27-14-7-15-28-52)41-59(88-80(97)104-46-53-29-16-8-17-30-53)69(72)111-76-64(90-82(99)106-48-55-33-20-10-21-34-55)68(94)70-61(109-76)49-101-74(112-70)56-35-22-11-23-36-56/h6-38,42,58-77,85,91-94H,39-41,43-50H2,1-5H3,(H,86,95)(H,87,96)(H,88,97)(H,89,98)(H,90,99)/t58-,59+,60+,61-,62-,63-,64-,65+,66-,67-,68-,69-,70-,71-,72-,73-,74?,75-,76-,77+/m1/s1. The lowest BCUT2D eigenvalue weighted by molar-refractivity contribution is -0.358. The molecule has 0 radical (unpaired) electrons. The molecule has 4 saturated heterocycles. The molecule has 5 heterocycles. The topological polar surface area (TPSA) is 390 Å². The maximum Gasteiger partial charge on any atom is 0.407 e. The van der Waals surface area contributed by atoms with E-state index in [0.717, 1.165) is 0 Å². The van der Waals surface area contributed by atoms with E-state index in [1.807, 2.05) is 46.0 Å². The van der Waals surface area contributed by atoms with Crippen molar-refractivity contribution in [2.24, 2.45) is 0 Å². The summed E-state index contributed by atoms with van der Waals surface area (Å²) in [6.07, 6.45) is -27.6. The van der Waals surface area contributed by atoms with Crippen LogP contribution in [0.15, 0.2) is 207 Å². The van der Waals surface area contributed by atoms with Gasteiger partial charge in [0.2, 0.25) is 0 Å². The van der Waals surface area contributed by atoms with Crippen molar-refractivity contribution in [2.45, 2.75) is 201 Å². The van der Waals surface area contributed by atoms with Crippen molar-refractivity contribution in [3.05, 3.63) is 240 Å². The van der Waals surface area contributed by atoms with Crippen LogP contribution in [0.4, 0.5) is 29.7 Å². The Kier molecular flexibility index (Phi) is 30.0. The largest absolute Gasteiger partial charge is 0.445 e. The van der Waals surface area contributed by atoms with Crippen molar-refractivity contribution in [3.8, 4) is 0 Å². The Balaban J connectivity index is 0.936. The molecule has 10 N–H and O–H groups in total. The van der Waals surface area contributed by atoms with Gasteiger partial charge in [0, 0.05) is 31.0 Å². The highest BCUT2D eigenvalue weighted by Crippen LogP contribution is 2.42. The Morgan fingerprint density at radius 3 is 1.45 bits per heavy atom. The quantitative estimate of drug-likeness (QED) is 0.0111. The first-order valence-corrected chi connectivity index (χ1v) is 41.2. The van der Waals surface area contributed by atoms with Crippen LogP contribution in [0.3, 0.4) is 0 Å². The fourth-order valence-corrected chi connectivity index (χ4v) is 14.5. The number of fused-ring (bicyclic) bond motifs is 1. The lowest BCUT2D eigenvalue weighted by Gasteiger charge is -2.51. The second kappa shape index (κ2) is 40.7. The van der Waals surface area contributed by atoms with Gasteiger partial charge in [-0.3, -0.25) is 4.98 Å². The van der Waals surface area contributed by atoms with E-state index in [2.05, 4.69) is 36.9 Å². The number of carbonyl (C=O) groups excluding carboxylic acids is 5. The lowest BCUT2D eigenvalue weighted by atomic mass is 9.83. The van der Waals surface area contributed by atoms with Gasteiger partial charge in [0.25, 0.3) is 0 Å². The number of alkyl carbamates (subject to hydrolysis) is 5. The van der Waals surface area contributed by atoms with Crippen LogP contribution in [-0.2, 0) is 104 Å². The van der Waals surface area contributed by atoms with Crippen molar-refractivity contribution in [2.75, 3.05) is 38.2 Å². The molecule has 32 heteroatoms. The fourth-order valence-electron chi connectivity index (χ4n) is 13.5. The third kappa shape index (κ3) is 23.5. The van der Waals surface area contributed by atoms with Crippen molar-refractivity contribution in [3.63, 3.8) is 0 Å². The minimum atomic E-state index is -2.82. The van der Waals surface area contributed by atoms with Gasteiger partial charge in [0.15, 0.2) is 33.5 Å². The van der Waals surface area contributed by atoms with Crippen LogP contribution in [0, 0.1) is 0 Å². The molecule has 5 fully saturated rings. The summed E-state index contributed by atoms with van der Waals surface area (Å²) in [4.78, 5) is 75.1. The van der Waals surface area contributed by atoms with Gasteiger partial charge in [-0.2, -0.15) is 0 Å². The Morgan fingerprint density at radius 2 is 0.939 bits per heavy atom. The Labute approximate surface area is 667 Å². The molecular weight excluding hydrogens is 1510 g/mol. The molecule has 5 amide bonds. The number of anilines is 1. The van der Waals surface area contributed by atoms with E-state index in [4.69, 9.17) is 70.7 Å². The summed E-state index contributed by atoms with van der Waals surface area (Å²) in [5.41, 5.74) is 4.43. The number of amides is 5. The van der Waals surface area contributed by atoms with Crippen LogP contribution in [0.5, 0.6) is 0 Å². The van der Waals surface area contributed by atoms with Gasteiger partial charge < -0.3 is 123 Å². The molecule has 1 aromatic heterocycles. The van der Waals surface area contributed by atoms with Gasteiger partial charge in [-0.25, -0.2) is 24.0 Å². The van der Waals surface area contributed by atoms with E-state index >= 15 is 0 Å². The predicted octanol–water partition coefficient (Wildman–Crippen LogP) is 8.30. The number of nitrogens with zero attached hydrogens (tertiary/aromatic N) is 1. The molecular formula is C83H101N7O24Si. The summed E-state index contributed by atoms with van der Waals surface area (Å²) < 4.78 is 97.4. The maximum atomic E-state index is 14.7. The Hall–Kier alpha value is -9.72. The number of aromatic nitrogens is 1. The van der Waals surface area contributed by atoms with Crippen LogP contribution < -0.4 is 31.9 Å². The average molecular weight is 1610 g/mol. The number of pyridine rings is 1. The third-order valence-corrected chi connectivity index (χ3v) is 25.3. The van der Waals surface area contributed by atoms with Gasteiger partial charge >= 0.3 is 30.5 Å². The van der Waals surface area contributed by atoms with Crippen molar-refractivity contribution < 1.29 is 115 Å². The number of hydrogen-bond acceptors (Lipinski definition) is 26. The molecule has 0 bridgehead atoms. The molecule has 1 saturated carbocycles. The van der Waals surface area contributed by atoms with Crippen LogP contribution in [0.25, 0.3) is 0 Å². The highest BCUT2D eigenvalue weighted by Gasteiger charge is 2.59. The van der Waals surface area contributed by atoms with Gasteiger partial charge in [-0.1, -0.05) is 203 Å². The molecule has 31 nitrogen and oxygen atoms in total. The first-order valence-electron chi connectivity index (χ1n) is 38.3. The van der Waals surface area contributed by atoms with Crippen molar-refractivity contribution in [1.82, 2.24) is 31.6 Å². The summed E-state index contributed by atoms with van der Waals surface area (Å²) in [7, 11) is -2.82. The minimum Gasteiger partial charge on any atom is -0.445 e. The zero-order chi connectivity index (χ0) is 80.9. The van der Waals surface area contributed by atoms with Gasteiger partial charge in [-0.15, -0.1) is 0 Å². The van der Waals surface area contributed by atoms with Crippen molar-refractivity contribution in [1.29, 1.82) is 0 Å². The smallest absolute Gasteiger partial charge is 0.407 e. The Morgan fingerprint density at radius 1 is 0.478 bits per heavy atom. The van der Waals surface area contributed by atoms with E-state index < -0.39 is 173 Å². The molecule has 12 rings (SSSR count). The highest BCUT2D eigenvalue weighted by molar-refractivity contribution is 6.74. The number of ether oxygens (including phenoxy) is 14. The zero-order valence-corrected chi connectivity index (χ0v) is 65.4. The Bertz CT molecular complexity index is 4160. The van der Waals surface area contributed by atoms with E-state index in [9.17, 15) is 44.4 Å². The molecule has 0 spiro atoms. The number of aliphatic hydroxyl groups is 4. The third-order valence-electron chi connectivity index (χ3n) is 20.8. The van der Waals surface area contributed by atoms with Crippen molar-refractivity contribution >= 4 is 44.5 Å².